The zero-order chi connectivity index (χ0) is 23.2. The molecule has 6 heteroatoms. The fraction of sp³-hybridized carbons (Fsp3) is 0.464. The van der Waals surface area contributed by atoms with Gasteiger partial charge in [0.05, 0.1) is 33.4 Å². The number of hydrogen-bond donors (Lipinski definition) is 1. The van der Waals surface area contributed by atoms with Gasteiger partial charge in [-0.15, -0.1) is 0 Å². The van der Waals surface area contributed by atoms with Crippen molar-refractivity contribution in [2.24, 2.45) is 5.92 Å². The molecule has 0 aliphatic heterocycles. The molecule has 2 aromatic carbocycles. The van der Waals surface area contributed by atoms with Gasteiger partial charge in [0.25, 0.3) is 0 Å². The molecule has 0 unspecified atom stereocenters. The minimum absolute atomic E-state index is 0. The number of oxazole rings is 1. The summed E-state index contributed by atoms with van der Waals surface area (Å²) < 4.78 is 12.9. The third-order valence-corrected chi connectivity index (χ3v) is 6.79. The maximum atomic E-state index is 12.0. The first-order valence-corrected chi connectivity index (χ1v) is 12.2. The molecule has 1 fully saturated rings. The van der Waals surface area contributed by atoms with Crippen molar-refractivity contribution in [3.8, 4) is 5.75 Å². The van der Waals surface area contributed by atoms with Crippen molar-refractivity contribution >= 4 is 0 Å². The minimum Gasteiger partial charge on any atom is -1.00 e. The second-order valence-electron chi connectivity index (χ2n) is 9.93. The number of hydrogen-bond acceptors (Lipinski definition) is 4. The monoisotopic (exact) mass is 528 g/mol. The molecule has 3 aromatic rings. The van der Waals surface area contributed by atoms with Crippen molar-refractivity contribution in [3.05, 3.63) is 84.1 Å². The summed E-state index contributed by atoms with van der Waals surface area (Å²) >= 11 is 0. The number of ether oxygens (including phenoxy) is 1. The van der Waals surface area contributed by atoms with E-state index in [0.29, 0.717) is 19.0 Å². The number of aliphatic hydroxyl groups is 1. The van der Waals surface area contributed by atoms with E-state index in [4.69, 9.17) is 9.15 Å². The van der Waals surface area contributed by atoms with Crippen LogP contribution in [-0.4, -0.2) is 41.8 Å². The molecule has 1 atom stereocenters. The van der Waals surface area contributed by atoms with Crippen molar-refractivity contribution < 1.29 is 35.7 Å². The van der Waals surface area contributed by atoms with Crippen LogP contribution in [0.2, 0.25) is 0 Å². The Balaban J connectivity index is 0.00000324. The molecular formula is C28H37BrN2O3. The number of para-hydroxylation sites is 1. The molecular weight excluding hydrogens is 492 g/mol. The predicted octanol–water partition coefficient (Wildman–Crippen LogP) is 2.54. The Labute approximate surface area is 214 Å². The van der Waals surface area contributed by atoms with Gasteiger partial charge in [0.15, 0.2) is 11.4 Å². The van der Waals surface area contributed by atoms with Gasteiger partial charge in [0, 0.05) is 12.3 Å². The smallest absolute Gasteiger partial charge is 0.231 e. The number of halogens is 1. The van der Waals surface area contributed by atoms with Gasteiger partial charge in [-0.1, -0.05) is 67.8 Å². The fourth-order valence-corrected chi connectivity index (χ4v) is 5.00. The lowest BCUT2D eigenvalue weighted by Crippen LogP contribution is -3.00. The minimum atomic E-state index is -1.18. The number of benzene rings is 2. The van der Waals surface area contributed by atoms with Crippen molar-refractivity contribution in [3.63, 3.8) is 0 Å². The largest absolute Gasteiger partial charge is 1.00 e. The third-order valence-electron chi connectivity index (χ3n) is 6.79. The number of rotatable bonds is 10. The van der Waals surface area contributed by atoms with E-state index in [1.54, 1.807) is 6.20 Å². The van der Waals surface area contributed by atoms with Crippen LogP contribution in [0.15, 0.2) is 71.3 Å². The molecule has 184 valence electrons. The number of aromatic nitrogens is 1. The number of quaternary nitrogens is 1. The Hall–Kier alpha value is -2.15. The van der Waals surface area contributed by atoms with E-state index in [1.165, 1.54) is 6.42 Å². The molecule has 1 aliphatic rings. The highest BCUT2D eigenvalue weighted by atomic mass is 79.9. The molecule has 0 radical (unpaired) electrons. The van der Waals surface area contributed by atoms with E-state index in [0.717, 1.165) is 60.2 Å². The Kier molecular flexibility index (Phi) is 9.34. The molecule has 0 amide bonds. The van der Waals surface area contributed by atoms with Crippen LogP contribution in [0, 0.1) is 5.92 Å². The van der Waals surface area contributed by atoms with Gasteiger partial charge in [-0.3, -0.25) is 0 Å². The molecule has 0 saturated heterocycles. The van der Waals surface area contributed by atoms with E-state index in [-0.39, 0.29) is 22.9 Å². The molecule has 0 spiro atoms. The van der Waals surface area contributed by atoms with E-state index >= 15 is 0 Å². The fourth-order valence-electron chi connectivity index (χ4n) is 5.00. The highest BCUT2D eigenvalue weighted by Crippen LogP contribution is 2.43. The van der Waals surface area contributed by atoms with Crippen molar-refractivity contribution in [2.75, 3.05) is 27.2 Å². The Morgan fingerprint density at radius 2 is 1.65 bits per heavy atom. The van der Waals surface area contributed by atoms with Crippen LogP contribution in [0.5, 0.6) is 5.75 Å². The van der Waals surface area contributed by atoms with E-state index in [9.17, 15) is 5.11 Å². The standard InChI is InChI=1S/C28H37N2O3.BrH/c1-30(2,19-12-20-32-25-17-10-5-11-18-25)22-26-21-29-27(33-26)28(31,23-13-6-3-7-14-23)24-15-8-4-9-16-24;/h3,5-7,10-11,13-14,17-18,21,24,31H,4,8-9,12,15-16,19-20,22H2,1-2H3;1H/q+1;/p-1/t28-;/m0./s1. The van der Waals surface area contributed by atoms with Gasteiger partial charge >= 0.3 is 0 Å². The summed E-state index contributed by atoms with van der Waals surface area (Å²) in [5.41, 5.74) is -0.308. The maximum Gasteiger partial charge on any atom is 0.231 e. The normalized spacial score (nSPS) is 16.4. The lowest BCUT2D eigenvalue weighted by atomic mass is 9.73. The third kappa shape index (κ3) is 6.49. The first kappa shape index (κ1) is 26.5. The molecule has 1 aliphatic carbocycles. The van der Waals surface area contributed by atoms with Crippen LogP contribution in [-0.2, 0) is 12.1 Å². The van der Waals surface area contributed by atoms with Gasteiger partial charge in [-0.2, -0.15) is 0 Å². The predicted molar refractivity (Wildman–Crippen MR) is 130 cm³/mol. The van der Waals surface area contributed by atoms with Gasteiger partial charge in [-0.25, -0.2) is 4.98 Å². The van der Waals surface area contributed by atoms with E-state index in [1.807, 2.05) is 60.7 Å². The quantitative estimate of drug-likeness (QED) is 0.324. The van der Waals surface area contributed by atoms with Crippen LogP contribution < -0.4 is 21.7 Å². The molecule has 4 rings (SSSR count). The topological polar surface area (TPSA) is 55.5 Å². The lowest BCUT2D eigenvalue weighted by Gasteiger charge is -2.36. The van der Waals surface area contributed by atoms with Gasteiger partial charge in [0.1, 0.15) is 12.3 Å². The van der Waals surface area contributed by atoms with Crippen LogP contribution in [0.3, 0.4) is 0 Å². The Morgan fingerprint density at radius 3 is 2.32 bits per heavy atom. The second kappa shape index (κ2) is 12.0. The summed E-state index contributed by atoms with van der Waals surface area (Å²) in [5, 5.41) is 12.0. The Bertz CT molecular complexity index is 987. The summed E-state index contributed by atoms with van der Waals surface area (Å²) in [6.45, 7) is 2.35. The summed E-state index contributed by atoms with van der Waals surface area (Å²) in [5.74, 6) is 2.27. The van der Waals surface area contributed by atoms with E-state index < -0.39 is 5.60 Å². The average molecular weight is 530 g/mol. The zero-order valence-corrected chi connectivity index (χ0v) is 21.9. The highest BCUT2D eigenvalue weighted by molar-refractivity contribution is 5.30. The van der Waals surface area contributed by atoms with E-state index in [2.05, 4.69) is 19.1 Å². The molecule has 0 bridgehead atoms. The first-order valence-electron chi connectivity index (χ1n) is 12.2. The zero-order valence-electron chi connectivity index (χ0n) is 20.3. The van der Waals surface area contributed by atoms with Crippen molar-refractivity contribution in [1.82, 2.24) is 4.98 Å². The molecule has 1 N–H and O–H groups in total. The van der Waals surface area contributed by atoms with Crippen LogP contribution in [0.4, 0.5) is 0 Å². The molecule has 1 saturated carbocycles. The summed E-state index contributed by atoms with van der Waals surface area (Å²) in [4.78, 5) is 4.61. The summed E-state index contributed by atoms with van der Waals surface area (Å²) in [6.07, 6.45) is 8.24. The molecule has 1 heterocycles. The van der Waals surface area contributed by atoms with Gasteiger partial charge in [-0.05, 0) is 30.5 Å². The van der Waals surface area contributed by atoms with Gasteiger partial charge in [0.2, 0.25) is 5.89 Å². The molecule has 34 heavy (non-hydrogen) atoms. The molecule has 1 aromatic heterocycles. The molecule has 5 nitrogen and oxygen atoms in total. The first-order chi connectivity index (χ1) is 16.0. The lowest BCUT2D eigenvalue weighted by molar-refractivity contribution is -0.904. The van der Waals surface area contributed by atoms with Crippen molar-refractivity contribution in [1.29, 1.82) is 0 Å². The van der Waals surface area contributed by atoms with Gasteiger partial charge < -0.3 is 35.7 Å². The maximum absolute atomic E-state index is 12.0. The number of nitrogens with zero attached hydrogens (tertiary/aromatic N) is 2. The summed E-state index contributed by atoms with van der Waals surface area (Å²) in [7, 11) is 4.38. The summed E-state index contributed by atoms with van der Waals surface area (Å²) in [6, 6.07) is 19.8. The SMILES string of the molecule is C[N+](C)(CCCOc1ccccc1)Cc1cnc([C@](O)(c2ccccc2)C2CCCCC2)o1.[Br-]. The van der Waals surface area contributed by atoms with Crippen LogP contribution in [0.1, 0.15) is 55.7 Å². The average Bonchev–Trinajstić information content (AvgIpc) is 3.31. The van der Waals surface area contributed by atoms with Crippen LogP contribution in [0.25, 0.3) is 0 Å². The highest BCUT2D eigenvalue weighted by Gasteiger charge is 2.44. The van der Waals surface area contributed by atoms with Crippen molar-refractivity contribution in [2.45, 2.75) is 50.7 Å². The Morgan fingerprint density at radius 1 is 1.00 bits per heavy atom. The van der Waals surface area contributed by atoms with Crippen LogP contribution >= 0.6 is 0 Å². The second-order valence-corrected chi connectivity index (χ2v) is 9.93.